The lowest BCUT2D eigenvalue weighted by Gasteiger charge is -2.10. The van der Waals surface area contributed by atoms with Crippen LogP contribution in [-0.2, 0) is 0 Å². The number of rotatable bonds is 3. The van der Waals surface area contributed by atoms with Gasteiger partial charge >= 0.3 is 0 Å². The summed E-state index contributed by atoms with van der Waals surface area (Å²) in [6.07, 6.45) is 1.37. The Balaban J connectivity index is 1.86. The summed E-state index contributed by atoms with van der Waals surface area (Å²) in [5, 5.41) is 5.31. The number of aryl methyl sites for hydroxylation is 1. The van der Waals surface area contributed by atoms with Crippen molar-refractivity contribution in [3.63, 3.8) is 0 Å². The highest BCUT2D eigenvalue weighted by atomic mass is 35.5. The molecule has 6 nitrogen and oxygen atoms in total. The number of ketones is 1. The number of fused-ring (bicyclic) bond motifs is 3. The van der Waals surface area contributed by atoms with Gasteiger partial charge in [0.05, 0.1) is 5.52 Å². The molecular formula is C18H14ClN5O. The van der Waals surface area contributed by atoms with Gasteiger partial charge in [0.1, 0.15) is 17.2 Å². The van der Waals surface area contributed by atoms with Crippen molar-refractivity contribution in [2.45, 2.75) is 20.1 Å². The molecule has 0 unspecified atom stereocenters. The van der Waals surface area contributed by atoms with Crippen LogP contribution in [0.3, 0.4) is 0 Å². The Morgan fingerprint density at radius 3 is 2.92 bits per heavy atom. The number of carbonyl (C=O) groups is 1. The molecule has 0 aliphatic heterocycles. The molecule has 0 N–H and O–H groups in total. The smallest absolute Gasteiger partial charge is 0.180 e. The molecule has 0 aromatic carbocycles. The Morgan fingerprint density at radius 1 is 1.24 bits per heavy atom. The summed E-state index contributed by atoms with van der Waals surface area (Å²) < 4.78 is 38.8. The molecule has 7 heteroatoms. The van der Waals surface area contributed by atoms with Gasteiger partial charge in [0, 0.05) is 48.2 Å². The minimum atomic E-state index is -3.10. The first-order chi connectivity index (χ1) is 14.0. The van der Waals surface area contributed by atoms with Crippen molar-refractivity contribution in [1.29, 1.82) is 0 Å². The fraction of sp³-hybridized carbons (Fsp3) is 0.167. The van der Waals surface area contributed by atoms with Crippen LogP contribution in [0.4, 0.5) is 0 Å². The van der Waals surface area contributed by atoms with Crippen molar-refractivity contribution in [3.8, 4) is 11.1 Å². The second-order valence-corrected chi connectivity index (χ2v) is 5.85. The topological polar surface area (TPSA) is 73.0 Å². The molecule has 25 heavy (non-hydrogen) atoms. The number of hydrogen-bond acceptors (Lipinski definition) is 5. The van der Waals surface area contributed by atoms with Crippen LogP contribution >= 0.6 is 11.6 Å². The molecule has 0 aliphatic carbocycles. The maximum atomic E-state index is 12.4. The highest BCUT2D eigenvalue weighted by Crippen LogP contribution is 2.30. The molecule has 0 saturated heterocycles. The van der Waals surface area contributed by atoms with Crippen LogP contribution < -0.4 is 0 Å². The molecule has 0 saturated carbocycles. The lowest BCUT2D eigenvalue weighted by atomic mass is 10.0. The van der Waals surface area contributed by atoms with Gasteiger partial charge in [-0.1, -0.05) is 18.5 Å². The quantitative estimate of drug-likeness (QED) is 0.411. The lowest BCUT2D eigenvalue weighted by molar-refractivity contribution is 0.0983. The minimum Gasteiger partial charge on any atom is -0.292 e. The molecule has 0 radical (unpaired) electrons. The van der Waals surface area contributed by atoms with Gasteiger partial charge < -0.3 is 0 Å². The highest BCUT2D eigenvalue weighted by Gasteiger charge is 2.15. The predicted octanol–water partition coefficient (Wildman–Crippen LogP) is 3.89. The van der Waals surface area contributed by atoms with Crippen LogP contribution in [0.25, 0.3) is 27.7 Å². The molecule has 0 aliphatic rings. The maximum Gasteiger partial charge on any atom is 0.180 e. The molecule has 4 rings (SSSR count). The standard InChI is InChI=1S/C18H14ClN5O/c1-3-16(25)14-4-10(2)13(8-20-14)12-5-11-7-21-17(19)6-15(11)24-18(12)22-9-23-24/h4-9H,3H2,1-2H3/i1D3,3D2. The number of pyridine rings is 3. The zero-order valence-electron chi connectivity index (χ0n) is 18.0. The van der Waals surface area contributed by atoms with Crippen LogP contribution in [0, 0.1) is 6.92 Å². The number of nitrogens with zero attached hydrogens (tertiary/aromatic N) is 5. The average molecular weight is 357 g/mol. The second kappa shape index (κ2) is 5.89. The van der Waals surface area contributed by atoms with Crippen LogP contribution in [0.2, 0.25) is 5.15 Å². The van der Waals surface area contributed by atoms with Crippen LogP contribution in [0.1, 0.15) is 36.1 Å². The van der Waals surface area contributed by atoms with E-state index in [4.69, 9.17) is 18.5 Å². The first-order valence-electron chi connectivity index (χ1n) is 9.80. The molecule has 0 amide bonds. The van der Waals surface area contributed by atoms with Gasteiger partial charge in [-0.15, -0.1) is 0 Å². The van der Waals surface area contributed by atoms with Gasteiger partial charge in [-0.05, 0) is 24.6 Å². The molecular weight excluding hydrogens is 338 g/mol. The summed E-state index contributed by atoms with van der Waals surface area (Å²) in [6, 6.07) is 4.89. The SMILES string of the molecule is [2H]C([2H])([2H])C([2H])([2H])C(=O)c1cc(C)c(-c2cc3cnc(Cl)cc3n3ncnc23)cn1. The molecule has 0 atom stereocenters. The van der Waals surface area contributed by atoms with Crippen molar-refractivity contribution in [1.82, 2.24) is 24.6 Å². The Labute approximate surface area is 155 Å². The largest absolute Gasteiger partial charge is 0.292 e. The van der Waals surface area contributed by atoms with Crippen molar-refractivity contribution < 1.29 is 11.6 Å². The lowest BCUT2D eigenvalue weighted by Crippen LogP contribution is -2.02. The van der Waals surface area contributed by atoms with E-state index >= 15 is 0 Å². The molecule has 4 heterocycles. The summed E-state index contributed by atoms with van der Waals surface area (Å²) in [5.74, 6) is -1.19. The molecule has 4 aromatic rings. The van der Waals surface area contributed by atoms with E-state index in [2.05, 4.69) is 20.1 Å². The van der Waals surface area contributed by atoms with Crippen LogP contribution in [0.5, 0.6) is 0 Å². The van der Waals surface area contributed by atoms with Crippen molar-refractivity contribution in [2.24, 2.45) is 0 Å². The summed E-state index contributed by atoms with van der Waals surface area (Å²) >= 11 is 6.00. The third kappa shape index (κ3) is 2.55. The molecule has 0 bridgehead atoms. The van der Waals surface area contributed by atoms with Crippen molar-refractivity contribution >= 4 is 33.9 Å². The first-order valence-corrected chi connectivity index (χ1v) is 7.68. The molecule has 0 fully saturated rings. The van der Waals surface area contributed by atoms with E-state index in [1.54, 1.807) is 23.7 Å². The van der Waals surface area contributed by atoms with Gasteiger partial charge in [-0.2, -0.15) is 5.10 Å². The fourth-order valence-corrected chi connectivity index (χ4v) is 2.92. The Hall–Kier alpha value is -2.86. The van der Waals surface area contributed by atoms with Crippen LogP contribution in [0.15, 0.2) is 36.9 Å². The van der Waals surface area contributed by atoms with E-state index in [0.29, 0.717) is 27.5 Å². The monoisotopic (exact) mass is 356 g/mol. The van der Waals surface area contributed by atoms with E-state index < -0.39 is 19.0 Å². The average Bonchev–Trinajstić information content (AvgIpc) is 3.16. The van der Waals surface area contributed by atoms with E-state index in [9.17, 15) is 4.79 Å². The maximum absolute atomic E-state index is 12.4. The number of halogens is 1. The molecule has 0 spiro atoms. The number of hydrogen-bond donors (Lipinski definition) is 0. The van der Waals surface area contributed by atoms with Crippen molar-refractivity contribution in [2.75, 3.05) is 0 Å². The predicted molar refractivity (Wildman–Crippen MR) is 95.9 cm³/mol. The molecule has 4 aromatic heterocycles. The van der Waals surface area contributed by atoms with Crippen molar-refractivity contribution in [3.05, 3.63) is 53.3 Å². The number of carbonyl (C=O) groups excluding carboxylic acids is 1. The summed E-state index contributed by atoms with van der Waals surface area (Å²) in [5.41, 5.74) is 2.90. The zero-order chi connectivity index (χ0) is 21.8. The Kier molecular flexibility index (Phi) is 2.57. The second-order valence-electron chi connectivity index (χ2n) is 5.46. The fourth-order valence-electron chi connectivity index (χ4n) is 2.77. The van der Waals surface area contributed by atoms with Gasteiger partial charge in [-0.25, -0.2) is 14.5 Å². The third-order valence-electron chi connectivity index (χ3n) is 3.94. The van der Waals surface area contributed by atoms with Gasteiger partial charge in [0.25, 0.3) is 0 Å². The minimum absolute atomic E-state index is 0.260. The summed E-state index contributed by atoms with van der Waals surface area (Å²) in [4.78, 5) is 24.9. The van der Waals surface area contributed by atoms with E-state index in [1.165, 1.54) is 18.6 Å². The van der Waals surface area contributed by atoms with Gasteiger partial charge in [0.15, 0.2) is 11.4 Å². The summed E-state index contributed by atoms with van der Waals surface area (Å²) in [6.45, 7) is -1.38. The van der Waals surface area contributed by atoms with E-state index in [1.807, 2.05) is 6.07 Å². The normalized spacial score (nSPS) is 15.4. The Bertz CT molecular complexity index is 1320. The van der Waals surface area contributed by atoms with Gasteiger partial charge in [-0.3, -0.25) is 9.78 Å². The van der Waals surface area contributed by atoms with E-state index in [-0.39, 0.29) is 5.69 Å². The molecule has 124 valence electrons. The van der Waals surface area contributed by atoms with E-state index in [0.717, 1.165) is 10.9 Å². The van der Waals surface area contributed by atoms with Crippen LogP contribution in [-0.4, -0.2) is 30.3 Å². The Morgan fingerprint density at radius 2 is 2.12 bits per heavy atom. The zero-order valence-corrected chi connectivity index (χ0v) is 13.7. The van der Waals surface area contributed by atoms with Gasteiger partial charge in [0.2, 0.25) is 0 Å². The first kappa shape index (κ1) is 10.9. The summed E-state index contributed by atoms with van der Waals surface area (Å²) in [7, 11) is 0. The highest BCUT2D eigenvalue weighted by molar-refractivity contribution is 6.30. The third-order valence-corrected chi connectivity index (χ3v) is 4.15. The number of aromatic nitrogens is 5. The number of Topliss-reactive ketones (excluding diaryl/α,β-unsaturated/α-hetero) is 1.